The average molecular weight is 435 g/mol. The minimum atomic E-state index is -1.22. The van der Waals surface area contributed by atoms with Crippen LogP contribution in [0.1, 0.15) is 32.3 Å². The summed E-state index contributed by atoms with van der Waals surface area (Å²) >= 11 is 0. The van der Waals surface area contributed by atoms with E-state index in [0.29, 0.717) is 0 Å². The van der Waals surface area contributed by atoms with Gasteiger partial charge in [0.25, 0.3) is 0 Å². The molecular formula is C20H29N5O6. The molecule has 170 valence electrons. The molecule has 0 spiro atoms. The van der Waals surface area contributed by atoms with Crippen molar-refractivity contribution in [1.29, 1.82) is 0 Å². The highest BCUT2D eigenvalue weighted by Gasteiger charge is 2.27. The van der Waals surface area contributed by atoms with Crippen LogP contribution in [0.15, 0.2) is 30.3 Å². The van der Waals surface area contributed by atoms with Crippen LogP contribution in [0.2, 0.25) is 0 Å². The number of carbonyl (C=O) groups excluding carboxylic acids is 4. The van der Waals surface area contributed by atoms with E-state index in [1.165, 1.54) is 13.8 Å². The topological polar surface area (TPSA) is 194 Å². The van der Waals surface area contributed by atoms with Crippen LogP contribution in [0, 0.1) is 0 Å². The third kappa shape index (κ3) is 9.26. The highest BCUT2D eigenvalue weighted by molar-refractivity contribution is 5.94. The zero-order valence-electron chi connectivity index (χ0n) is 17.5. The molecule has 1 aromatic rings. The van der Waals surface area contributed by atoms with E-state index in [1.54, 1.807) is 30.3 Å². The molecule has 0 fully saturated rings. The molecule has 4 amide bonds. The number of hydrogen-bond donors (Lipinski definition) is 6. The molecule has 0 aromatic heterocycles. The summed E-state index contributed by atoms with van der Waals surface area (Å²) in [6.45, 7) is 2.71. The fraction of sp³-hybridized carbons (Fsp3) is 0.450. The van der Waals surface area contributed by atoms with Crippen molar-refractivity contribution in [3.63, 3.8) is 0 Å². The summed E-state index contributed by atoms with van der Waals surface area (Å²) in [6.07, 6.45) is 0.0708. The molecule has 11 heteroatoms. The second kappa shape index (κ2) is 12.3. The van der Waals surface area contributed by atoms with E-state index >= 15 is 0 Å². The molecule has 8 N–H and O–H groups in total. The van der Waals surface area contributed by atoms with Gasteiger partial charge in [-0.1, -0.05) is 30.3 Å². The fourth-order valence-corrected chi connectivity index (χ4v) is 2.55. The zero-order chi connectivity index (χ0) is 23.6. The fourth-order valence-electron chi connectivity index (χ4n) is 2.55. The van der Waals surface area contributed by atoms with Crippen molar-refractivity contribution in [2.24, 2.45) is 11.5 Å². The number of hydrogen-bond acceptors (Lipinski definition) is 6. The number of aliphatic carboxylic acids is 1. The first-order chi connectivity index (χ1) is 14.5. The Morgan fingerprint density at radius 3 is 2.03 bits per heavy atom. The third-order valence-electron chi connectivity index (χ3n) is 4.44. The SMILES string of the molecule is CC(NC(=O)C(Cc1ccccc1)NC(=O)C(C)NC(=O)C(N)CCC(N)=O)C(=O)O. The minimum absolute atomic E-state index is 0.0294. The highest BCUT2D eigenvalue weighted by Crippen LogP contribution is 2.05. The lowest BCUT2D eigenvalue weighted by atomic mass is 10.0. The average Bonchev–Trinajstić information content (AvgIpc) is 2.71. The Morgan fingerprint density at radius 1 is 0.903 bits per heavy atom. The molecule has 0 saturated heterocycles. The number of nitrogens with two attached hydrogens (primary N) is 2. The molecule has 0 radical (unpaired) electrons. The number of primary amides is 1. The van der Waals surface area contributed by atoms with Gasteiger partial charge in [0.05, 0.1) is 6.04 Å². The molecule has 4 atom stereocenters. The van der Waals surface area contributed by atoms with Gasteiger partial charge in [-0.25, -0.2) is 0 Å². The van der Waals surface area contributed by atoms with Gasteiger partial charge in [0.1, 0.15) is 18.1 Å². The molecule has 11 nitrogen and oxygen atoms in total. The Bertz CT molecular complexity index is 801. The molecule has 0 aliphatic carbocycles. The maximum absolute atomic E-state index is 12.6. The first-order valence-electron chi connectivity index (χ1n) is 9.73. The van der Waals surface area contributed by atoms with E-state index in [4.69, 9.17) is 16.6 Å². The van der Waals surface area contributed by atoms with Crippen LogP contribution >= 0.6 is 0 Å². The van der Waals surface area contributed by atoms with Crippen LogP contribution in [0.5, 0.6) is 0 Å². The Labute approximate surface area is 179 Å². The van der Waals surface area contributed by atoms with Gasteiger partial charge in [0.2, 0.25) is 23.6 Å². The van der Waals surface area contributed by atoms with Crippen molar-refractivity contribution in [3.8, 4) is 0 Å². The monoisotopic (exact) mass is 435 g/mol. The Morgan fingerprint density at radius 2 is 1.48 bits per heavy atom. The Hall–Kier alpha value is -3.47. The van der Waals surface area contributed by atoms with E-state index in [9.17, 15) is 24.0 Å². The van der Waals surface area contributed by atoms with Crippen molar-refractivity contribution in [2.75, 3.05) is 0 Å². The van der Waals surface area contributed by atoms with E-state index < -0.39 is 53.8 Å². The molecule has 0 heterocycles. The molecule has 0 saturated carbocycles. The third-order valence-corrected chi connectivity index (χ3v) is 4.44. The summed E-state index contributed by atoms with van der Waals surface area (Å²) in [7, 11) is 0. The van der Waals surface area contributed by atoms with Crippen molar-refractivity contribution in [3.05, 3.63) is 35.9 Å². The van der Waals surface area contributed by atoms with Crippen LogP contribution in [0.25, 0.3) is 0 Å². The standard InChI is InChI=1S/C20H29N5O6/c1-11(23-18(28)14(21)8-9-16(22)26)17(27)25-15(10-13-6-4-3-5-7-13)19(29)24-12(2)20(30)31/h3-7,11-12,14-15H,8-10,21H2,1-2H3,(H2,22,26)(H,23,28)(H,24,29)(H,25,27)(H,30,31). The van der Waals surface area contributed by atoms with Gasteiger partial charge in [0, 0.05) is 12.8 Å². The number of carbonyl (C=O) groups is 5. The smallest absolute Gasteiger partial charge is 0.325 e. The van der Waals surface area contributed by atoms with Crippen LogP contribution in [0.3, 0.4) is 0 Å². The lowest BCUT2D eigenvalue weighted by Gasteiger charge is -2.23. The molecule has 1 rings (SSSR count). The van der Waals surface area contributed by atoms with Crippen LogP contribution in [-0.2, 0) is 30.4 Å². The van der Waals surface area contributed by atoms with Crippen molar-refractivity contribution >= 4 is 29.6 Å². The summed E-state index contributed by atoms with van der Waals surface area (Å²) in [5.41, 5.74) is 11.4. The van der Waals surface area contributed by atoms with Crippen LogP contribution < -0.4 is 27.4 Å². The van der Waals surface area contributed by atoms with Gasteiger partial charge >= 0.3 is 5.97 Å². The minimum Gasteiger partial charge on any atom is -0.480 e. The number of nitrogens with one attached hydrogen (secondary N) is 3. The molecular weight excluding hydrogens is 406 g/mol. The predicted molar refractivity (Wildman–Crippen MR) is 111 cm³/mol. The quantitative estimate of drug-likeness (QED) is 0.227. The lowest BCUT2D eigenvalue weighted by molar-refractivity contribution is -0.141. The highest BCUT2D eigenvalue weighted by atomic mass is 16.4. The first-order valence-corrected chi connectivity index (χ1v) is 9.73. The number of benzene rings is 1. The van der Waals surface area contributed by atoms with E-state index in [2.05, 4.69) is 16.0 Å². The molecule has 1 aromatic carbocycles. The number of carboxylic acid groups (broad SMARTS) is 1. The van der Waals surface area contributed by atoms with E-state index in [-0.39, 0.29) is 19.3 Å². The van der Waals surface area contributed by atoms with Gasteiger partial charge in [-0.15, -0.1) is 0 Å². The van der Waals surface area contributed by atoms with Gasteiger partial charge in [0.15, 0.2) is 0 Å². The lowest BCUT2D eigenvalue weighted by Crippen LogP contribution is -2.56. The second-order valence-electron chi connectivity index (χ2n) is 7.16. The molecule has 4 unspecified atom stereocenters. The summed E-state index contributed by atoms with van der Waals surface area (Å²) in [5.74, 6) is -3.80. The number of rotatable bonds is 12. The predicted octanol–water partition coefficient (Wildman–Crippen LogP) is -1.60. The summed E-state index contributed by atoms with van der Waals surface area (Å²) in [5, 5.41) is 16.3. The number of amides is 4. The molecule has 0 aliphatic rings. The summed E-state index contributed by atoms with van der Waals surface area (Å²) in [4.78, 5) is 59.0. The van der Waals surface area contributed by atoms with Gasteiger partial charge in [-0.05, 0) is 25.8 Å². The maximum atomic E-state index is 12.6. The van der Waals surface area contributed by atoms with Crippen molar-refractivity contribution < 1.29 is 29.1 Å². The van der Waals surface area contributed by atoms with Crippen LogP contribution in [-0.4, -0.2) is 58.9 Å². The second-order valence-corrected chi connectivity index (χ2v) is 7.16. The van der Waals surface area contributed by atoms with Crippen molar-refractivity contribution in [1.82, 2.24) is 16.0 Å². The Balaban J connectivity index is 2.80. The van der Waals surface area contributed by atoms with Crippen molar-refractivity contribution in [2.45, 2.75) is 57.3 Å². The number of carboxylic acids is 1. The maximum Gasteiger partial charge on any atom is 0.325 e. The Kier molecular flexibility index (Phi) is 10.1. The van der Waals surface area contributed by atoms with Gasteiger partial charge in [-0.2, -0.15) is 0 Å². The van der Waals surface area contributed by atoms with E-state index in [0.717, 1.165) is 5.56 Å². The molecule has 0 bridgehead atoms. The molecule has 31 heavy (non-hydrogen) atoms. The van der Waals surface area contributed by atoms with Crippen LogP contribution in [0.4, 0.5) is 0 Å². The summed E-state index contributed by atoms with van der Waals surface area (Å²) < 4.78 is 0. The largest absolute Gasteiger partial charge is 0.480 e. The normalized spacial score (nSPS) is 14.4. The summed E-state index contributed by atoms with van der Waals surface area (Å²) in [6, 6.07) is 4.57. The molecule has 0 aliphatic heterocycles. The van der Waals surface area contributed by atoms with Gasteiger partial charge in [-0.3, -0.25) is 24.0 Å². The first kappa shape index (κ1) is 25.6. The van der Waals surface area contributed by atoms with Gasteiger partial charge < -0.3 is 32.5 Å². The van der Waals surface area contributed by atoms with E-state index in [1.807, 2.05) is 0 Å². The zero-order valence-corrected chi connectivity index (χ0v) is 17.5.